The van der Waals surface area contributed by atoms with Crippen molar-refractivity contribution in [2.75, 3.05) is 12.8 Å². The van der Waals surface area contributed by atoms with Gasteiger partial charge in [-0.05, 0) is 11.7 Å². The lowest BCUT2D eigenvalue weighted by Crippen LogP contribution is -2.10. The third-order valence-corrected chi connectivity index (χ3v) is 2.29. The maximum absolute atomic E-state index is 4.39. The van der Waals surface area contributed by atoms with Crippen molar-refractivity contribution < 1.29 is 0 Å². The van der Waals surface area contributed by atoms with Gasteiger partial charge in [-0.25, -0.2) is 0 Å². The molecule has 52 valence electrons. The van der Waals surface area contributed by atoms with Crippen molar-refractivity contribution >= 4 is 16.8 Å². The number of nitrogens with zero attached hydrogens (tertiary/aromatic N) is 1. The van der Waals surface area contributed by atoms with Gasteiger partial charge in [0.05, 0.1) is 5.04 Å². The lowest BCUT2D eigenvalue weighted by molar-refractivity contribution is 0.424. The molecule has 0 aromatic rings. The molecule has 1 rings (SSSR count). The summed E-state index contributed by atoms with van der Waals surface area (Å²) in [6, 6.07) is 0. The molecule has 0 aliphatic carbocycles. The molecule has 1 aliphatic heterocycles. The Labute approximate surface area is 60.9 Å². The van der Waals surface area contributed by atoms with E-state index in [1.54, 1.807) is 11.8 Å². The third kappa shape index (κ3) is 1.71. The van der Waals surface area contributed by atoms with Gasteiger partial charge in [0.2, 0.25) is 0 Å². The molecular weight excluding hydrogens is 130 g/mol. The normalized spacial score (nSPS) is 24.1. The van der Waals surface area contributed by atoms with Crippen LogP contribution in [0.3, 0.4) is 0 Å². The van der Waals surface area contributed by atoms with Crippen molar-refractivity contribution in [3.05, 3.63) is 0 Å². The molecule has 1 nitrogen and oxygen atoms in total. The smallest absolute Gasteiger partial charge is 0.0679 e. The molecule has 2 heteroatoms. The van der Waals surface area contributed by atoms with Gasteiger partial charge < -0.3 is 0 Å². The first kappa shape index (κ1) is 7.13. The van der Waals surface area contributed by atoms with Crippen molar-refractivity contribution in [1.82, 2.24) is 0 Å². The van der Waals surface area contributed by atoms with Gasteiger partial charge in [-0.1, -0.05) is 13.8 Å². The van der Waals surface area contributed by atoms with Crippen LogP contribution in [-0.4, -0.2) is 17.8 Å². The van der Waals surface area contributed by atoms with Crippen LogP contribution in [0.4, 0.5) is 0 Å². The maximum atomic E-state index is 4.39. The fraction of sp³-hybridized carbons (Fsp3) is 0.857. The Hall–Kier alpha value is 0.0200. The standard InChI is InChI=1S/C7H13NS/c1-7(2)4-6(9-3)8-5-7/h4-5H2,1-3H3. The summed E-state index contributed by atoms with van der Waals surface area (Å²) in [7, 11) is 0. The predicted molar refractivity (Wildman–Crippen MR) is 44.2 cm³/mol. The fourth-order valence-corrected chi connectivity index (χ4v) is 1.69. The molecule has 0 amide bonds. The Morgan fingerprint density at radius 3 is 2.44 bits per heavy atom. The summed E-state index contributed by atoms with van der Waals surface area (Å²) in [5.74, 6) is 0. The summed E-state index contributed by atoms with van der Waals surface area (Å²) in [6.45, 7) is 5.54. The van der Waals surface area contributed by atoms with E-state index in [1.807, 2.05) is 0 Å². The van der Waals surface area contributed by atoms with E-state index >= 15 is 0 Å². The van der Waals surface area contributed by atoms with Crippen LogP contribution < -0.4 is 0 Å². The van der Waals surface area contributed by atoms with E-state index in [-0.39, 0.29) is 0 Å². The number of hydrogen-bond donors (Lipinski definition) is 0. The summed E-state index contributed by atoms with van der Waals surface area (Å²) < 4.78 is 0. The first-order chi connectivity index (χ1) is 4.14. The molecule has 0 atom stereocenters. The van der Waals surface area contributed by atoms with Crippen LogP contribution in [0, 0.1) is 5.41 Å². The minimum Gasteiger partial charge on any atom is -0.282 e. The Balaban J connectivity index is 2.50. The molecule has 0 unspecified atom stereocenters. The van der Waals surface area contributed by atoms with Crippen LogP contribution in [-0.2, 0) is 0 Å². The molecule has 0 N–H and O–H groups in total. The van der Waals surface area contributed by atoms with E-state index in [1.165, 1.54) is 11.5 Å². The Morgan fingerprint density at radius 1 is 1.56 bits per heavy atom. The number of thioether (sulfide) groups is 1. The zero-order chi connectivity index (χ0) is 6.91. The number of hydrogen-bond acceptors (Lipinski definition) is 2. The SMILES string of the molecule is CSC1=NCC(C)(C)C1. The molecule has 1 aliphatic rings. The third-order valence-electron chi connectivity index (χ3n) is 1.55. The summed E-state index contributed by atoms with van der Waals surface area (Å²) in [5.41, 5.74) is 0.443. The highest BCUT2D eigenvalue weighted by Crippen LogP contribution is 2.30. The highest BCUT2D eigenvalue weighted by molar-refractivity contribution is 8.13. The average molecular weight is 143 g/mol. The van der Waals surface area contributed by atoms with Crippen molar-refractivity contribution in [3.8, 4) is 0 Å². The molecule has 0 spiro atoms. The average Bonchev–Trinajstić information content (AvgIpc) is 2.10. The van der Waals surface area contributed by atoms with E-state index in [9.17, 15) is 0 Å². The topological polar surface area (TPSA) is 12.4 Å². The molecule has 0 aromatic heterocycles. The van der Waals surface area contributed by atoms with Crippen LogP contribution in [0.5, 0.6) is 0 Å². The number of rotatable bonds is 0. The van der Waals surface area contributed by atoms with Gasteiger partial charge in [-0.15, -0.1) is 11.8 Å². The zero-order valence-electron chi connectivity index (χ0n) is 6.27. The molecule has 0 fully saturated rings. The molecule has 0 aromatic carbocycles. The highest BCUT2D eigenvalue weighted by Gasteiger charge is 2.24. The van der Waals surface area contributed by atoms with Gasteiger partial charge >= 0.3 is 0 Å². The quantitative estimate of drug-likeness (QED) is 0.506. The van der Waals surface area contributed by atoms with E-state index in [0.717, 1.165) is 6.54 Å². The first-order valence-corrected chi connectivity index (χ1v) is 4.44. The summed E-state index contributed by atoms with van der Waals surface area (Å²) in [6.07, 6.45) is 3.27. The molecule has 0 saturated heterocycles. The van der Waals surface area contributed by atoms with E-state index in [4.69, 9.17) is 0 Å². The molecule has 0 radical (unpaired) electrons. The van der Waals surface area contributed by atoms with Crippen molar-refractivity contribution in [2.24, 2.45) is 10.4 Å². The van der Waals surface area contributed by atoms with E-state index in [0.29, 0.717) is 5.41 Å². The van der Waals surface area contributed by atoms with E-state index < -0.39 is 0 Å². The monoisotopic (exact) mass is 143 g/mol. The molecule has 0 bridgehead atoms. The van der Waals surface area contributed by atoms with Crippen LogP contribution >= 0.6 is 11.8 Å². The number of aliphatic imine (C=N–C) groups is 1. The zero-order valence-corrected chi connectivity index (χ0v) is 7.09. The Kier molecular flexibility index (Phi) is 1.85. The largest absolute Gasteiger partial charge is 0.282 e. The van der Waals surface area contributed by atoms with Crippen LogP contribution in [0.15, 0.2) is 4.99 Å². The van der Waals surface area contributed by atoms with Crippen molar-refractivity contribution in [3.63, 3.8) is 0 Å². The summed E-state index contributed by atoms with van der Waals surface area (Å²) in [5, 5.41) is 1.32. The second-order valence-corrected chi connectivity index (χ2v) is 4.13. The van der Waals surface area contributed by atoms with Gasteiger partial charge in [0, 0.05) is 13.0 Å². The second kappa shape index (κ2) is 2.33. The van der Waals surface area contributed by atoms with Gasteiger partial charge in [-0.3, -0.25) is 4.99 Å². The minimum absolute atomic E-state index is 0.443. The fourth-order valence-electron chi connectivity index (χ4n) is 0.960. The van der Waals surface area contributed by atoms with Crippen molar-refractivity contribution in [1.29, 1.82) is 0 Å². The van der Waals surface area contributed by atoms with Gasteiger partial charge in [0.15, 0.2) is 0 Å². The van der Waals surface area contributed by atoms with Gasteiger partial charge in [-0.2, -0.15) is 0 Å². The summed E-state index contributed by atoms with van der Waals surface area (Å²) in [4.78, 5) is 4.39. The Morgan fingerprint density at radius 2 is 2.22 bits per heavy atom. The lowest BCUT2D eigenvalue weighted by atomic mass is 9.93. The predicted octanol–water partition coefficient (Wildman–Crippen LogP) is 2.18. The molecule has 9 heavy (non-hydrogen) atoms. The van der Waals surface area contributed by atoms with Crippen LogP contribution in [0.25, 0.3) is 0 Å². The highest BCUT2D eigenvalue weighted by atomic mass is 32.2. The Bertz CT molecular complexity index is 138. The van der Waals surface area contributed by atoms with Gasteiger partial charge in [0.25, 0.3) is 0 Å². The molecular formula is C7H13NS. The molecule has 1 heterocycles. The van der Waals surface area contributed by atoms with Crippen LogP contribution in [0.1, 0.15) is 20.3 Å². The van der Waals surface area contributed by atoms with Crippen molar-refractivity contribution in [2.45, 2.75) is 20.3 Å². The minimum atomic E-state index is 0.443. The lowest BCUT2D eigenvalue weighted by Gasteiger charge is -2.13. The summed E-state index contributed by atoms with van der Waals surface area (Å²) >= 11 is 1.78. The molecule has 0 saturated carbocycles. The van der Waals surface area contributed by atoms with Crippen LogP contribution in [0.2, 0.25) is 0 Å². The van der Waals surface area contributed by atoms with Gasteiger partial charge in [0.1, 0.15) is 0 Å². The van der Waals surface area contributed by atoms with E-state index in [2.05, 4.69) is 25.1 Å². The second-order valence-electron chi connectivity index (χ2n) is 3.26. The first-order valence-electron chi connectivity index (χ1n) is 3.21. The maximum Gasteiger partial charge on any atom is 0.0679 e.